The molecule has 1 heterocycles. The molecule has 0 aromatic heterocycles. The van der Waals surface area contributed by atoms with Gasteiger partial charge in [0.25, 0.3) is 0 Å². The summed E-state index contributed by atoms with van der Waals surface area (Å²) in [6.45, 7) is 5.55. The Morgan fingerprint density at radius 3 is 2.50 bits per heavy atom. The van der Waals surface area contributed by atoms with Gasteiger partial charge in [-0.05, 0) is 50.9 Å². The van der Waals surface area contributed by atoms with Crippen molar-refractivity contribution in [2.24, 2.45) is 11.8 Å². The Morgan fingerprint density at radius 1 is 1.17 bits per heavy atom. The molecule has 3 atom stereocenters. The maximum absolute atomic E-state index is 9.91. The average molecular weight is 252 g/mol. The molecule has 2 saturated carbocycles. The monoisotopic (exact) mass is 252 g/mol. The normalized spacial score (nSPS) is 36.3. The summed E-state index contributed by atoms with van der Waals surface area (Å²) in [7, 11) is 0. The maximum Gasteiger partial charge on any atom is 0.0553 e. The lowest BCUT2D eigenvalue weighted by molar-refractivity contribution is 0.0349. The molecule has 0 radical (unpaired) electrons. The van der Waals surface area contributed by atoms with Gasteiger partial charge in [-0.15, -0.1) is 0 Å². The lowest BCUT2D eigenvalue weighted by Crippen LogP contribution is -2.53. The first-order chi connectivity index (χ1) is 8.70. The second-order valence-electron chi connectivity index (χ2n) is 6.89. The van der Waals surface area contributed by atoms with Crippen molar-refractivity contribution in [2.45, 2.75) is 63.6 Å². The van der Waals surface area contributed by atoms with Gasteiger partial charge < -0.3 is 15.3 Å². The smallest absolute Gasteiger partial charge is 0.0553 e. The van der Waals surface area contributed by atoms with E-state index >= 15 is 0 Å². The molecule has 1 saturated heterocycles. The molecule has 3 aliphatic rings. The van der Waals surface area contributed by atoms with Crippen LogP contribution in [0.15, 0.2) is 0 Å². The molecule has 3 unspecified atom stereocenters. The highest BCUT2D eigenvalue weighted by atomic mass is 16.3. The Hall–Kier alpha value is -0.120. The minimum absolute atomic E-state index is 0.155. The highest BCUT2D eigenvalue weighted by molar-refractivity contribution is 4.92. The number of aliphatic hydroxyl groups excluding tert-OH is 1. The summed E-state index contributed by atoms with van der Waals surface area (Å²) in [5, 5.41) is 13.7. The molecule has 3 fully saturated rings. The first-order valence-corrected chi connectivity index (χ1v) is 7.87. The molecule has 2 aliphatic carbocycles. The maximum atomic E-state index is 9.91. The average Bonchev–Trinajstić information content (AvgIpc) is 3.07. The van der Waals surface area contributed by atoms with E-state index in [1.807, 2.05) is 6.92 Å². The van der Waals surface area contributed by atoms with E-state index in [1.165, 1.54) is 45.2 Å². The van der Waals surface area contributed by atoms with Gasteiger partial charge in [-0.2, -0.15) is 0 Å². The van der Waals surface area contributed by atoms with Crippen molar-refractivity contribution in [3.8, 4) is 0 Å². The second kappa shape index (κ2) is 5.48. The summed E-state index contributed by atoms with van der Waals surface area (Å²) >= 11 is 0. The third-order valence-corrected chi connectivity index (χ3v) is 5.03. The summed E-state index contributed by atoms with van der Waals surface area (Å²) in [6.07, 6.45) is 8.01. The van der Waals surface area contributed by atoms with E-state index in [9.17, 15) is 5.11 Å². The zero-order chi connectivity index (χ0) is 12.5. The highest BCUT2D eigenvalue weighted by Crippen LogP contribution is 2.30. The van der Waals surface area contributed by atoms with Gasteiger partial charge in [0, 0.05) is 31.7 Å². The van der Waals surface area contributed by atoms with Crippen LogP contribution in [-0.4, -0.2) is 47.8 Å². The molecule has 3 heteroatoms. The van der Waals surface area contributed by atoms with Crippen molar-refractivity contribution < 1.29 is 5.11 Å². The van der Waals surface area contributed by atoms with Crippen LogP contribution in [0.3, 0.4) is 0 Å². The molecule has 0 amide bonds. The molecule has 18 heavy (non-hydrogen) atoms. The number of hydrogen-bond acceptors (Lipinski definition) is 3. The van der Waals surface area contributed by atoms with Crippen LogP contribution >= 0.6 is 0 Å². The number of rotatable bonds is 5. The first kappa shape index (κ1) is 12.9. The van der Waals surface area contributed by atoms with E-state index in [4.69, 9.17) is 0 Å². The molecule has 1 aliphatic heterocycles. The van der Waals surface area contributed by atoms with Gasteiger partial charge in [0.15, 0.2) is 0 Å². The lowest BCUT2D eigenvalue weighted by Gasteiger charge is -2.42. The molecule has 3 nitrogen and oxygen atoms in total. The van der Waals surface area contributed by atoms with Crippen molar-refractivity contribution in [3.63, 3.8) is 0 Å². The molecule has 0 aromatic carbocycles. The van der Waals surface area contributed by atoms with E-state index in [0.717, 1.165) is 24.9 Å². The van der Waals surface area contributed by atoms with Crippen LogP contribution in [0.2, 0.25) is 0 Å². The first-order valence-electron chi connectivity index (χ1n) is 7.87. The highest BCUT2D eigenvalue weighted by Gasteiger charge is 2.34. The number of nitrogens with one attached hydrogen (secondary N) is 1. The third kappa shape index (κ3) is 3.25. The topological polar surface area (TPSA) is 35.5 Å². The predicted octanol–water partition coefficient (Wildman–Crippen LogP) is 1.61. The van der Waals surface area contributed by atoms with Gasteiger partial charge in [-0.1, -0.05) is 6.42 Å². The molecular weight excluding hydrogens is 224 g/mol. The fourth-order valence-electron chi connectivity index (χ4n) is 3.48. The SMILES string of the molecule is CC(O)C1CC(NC2CC2)CN(CC2CCC2)C1. The Morgan fingerprint density at radius 2 is 1.94 bits per heavy atom. The van der Waals surface area contributed by atoms with Crippen LogP contribution in [0.5, 0.6) is 0 Å². The molecule has 104 valence electrons. The third-order valence-electron chi connectivity index (χ3n) is 5.03. The van der Waals surface area contributed by atoms with Gasteiger partial charge in [0.2, 0.25) is 0 Å². The molecule has 0 bridgehead atoms. The number of aliphatic hydroxyl groups is 1. The molecule has 0 aromatic rings. The van der Waals surface area contributed by atoms with Crippen LogP contribution in [-0.2, 0) is 0 Å². The summed E-state index contributed by atoms with van der Waals surface area (Å²) in [4.78, 5) is 2.62. The van der Waals surface area contributed by atoms with Gasteiger partial charge in [-0.25, -0.2) is 0 Å². The van der Waals surface area contributed by atoms with Crippen LogP contribution in [0.25, 0.3) is 0 Å². The molecule has 0 spiro atoms. The van der Waals surface area contributed by atoms with Crippen LogP contribution in [0, 0.1) is 11.8 Å². The van der Waals surface area contributed by atoms with Crippen molar-refractivity contribution in [3.05, 3.63) is 0 Å². The van der Waals surface area contributed by atoms with Gasteiger partial charge in [0.1, 0.15) is 0 Å². The summed E-state index contributed by atoms with van der Waals surface area (Å²) < 4.78 is 0. The van der Waals surface area contributed by atoms with Crippen molar-refractivity contribution in [2.75, 3.05) is 19.6 Å². The lowest BCUT2D eigenvalue weighted by atomic mass is 9.83. The van der Waals surface area contributed by atoms with Crippen molar-refractivity contribution in [1.82, 2.24) is 10.2 Å². The van der Waals surface area contributed by atoms with Crippen LogP contribution in [0.1, 0.15) is 45.4 Å². The second-order valence-corrected chi connectivity index (χ2v) is 6.89. The zero-order valence-electron chi connectivity index (χ0n) is 11.6. The fraction of sp³-hybridized carbons (Fsp3) is 1.00. The van der Waals surface area contributed by atoms with Crippen molar-refractivity contribution in [1.29, 1.82) is 0 Å². The summed E-state index contributed by atoms with van der Waals surface area (Å²) in [6, 6.07) is 1.40. The quantitative estimate of drug-likeness (QED) is 0.780. The summed E-state index contributed by atoms with van der Waals surface area (Å²) in [5.74, 6) is 1.41. The van der Waals surface area contributed by atoms with E-state index in [1.54, 1.807) is 0 Å². The largest absolute Gasteiger partial charge is 0.393 e. The van der Waals surface area contributed by atoms with E-state index in [0.29, 0.717) is 12.0 Å². The summed E-state index contributed by atoms with van der Waals surface area (Å²) in [5.41, 5.74) is 0. The van der Waals surface area contributed by atoms with Crippen molar-refractivity contribution >= 4 is 0 Å². The minimum Gasteiger partial charge on any atom is -0.393 e. The van der Waals surface area contributed by atoms with Crippen LogP contribution in [0.4, 0.5) is 0 Å². The molecule has 2 N–H and O–H groups in total. The standard InChI is InChI=1S/C15H28N2O/c1-11(18)13-7-15(16-14-5-6-14)10-17(9-13)8-12-3-2-4-12/h11-16,18H,2-10H2,1H3. The molecule has 3 rings (SSSR count). The van der Waals surface area contributed by atoms with E-state index in [2.05, 4.69) is 10.2 Å². The van der Waals surface area contributed by atoms with Gasteiger partial charge in [0.05, 0.1) is 6.10 Å². The Labute approximate surface area is 111 Å². The zero-order valence-corrected chi connectivity index (χ0v) is 11.6. The minimum atomic E-state index is -0.155. The fourth-order valence-corrected chi connectivity index (χ4v) is 3.48. The Bertz CT molecular complexity index is 274. The van der Waals surface area contributed by atoms with E-state index < -0.39 is 0 Å². The van der Waals surface area contributed by atoms with Crippen LogP contribution < -0.4 is 5.32 Å². The number of likely N-dealkylation sites (tertiary alicyclic amines) is 1. The number of hydrogen-bond donors (Lipinski definition) is 2. The van der Waals surface area contributed by atoms with Gasteiger partial charge in [-0.3, -0.25) is 0 Å². The molecular formula is C15H28N2O. The number of nitrogens with zero attached hydrogens (tertiary/aromatic N) is 1. The Balaban J connectivity index is 1.54. The van der Waals surface area contributed by atoms with E-state index in [-0.39, 0.29) is 6.10 Å². The Kier molecular flexibility index (Phi) is 3.92. The van der Waals surface area contributed by atoms with Gasteiger partial charge >= 0.3 is 0 Å². The predicted molar refractivity (Wildman–Crippen MR) is 73.5 cm³/mol. The number of piperidine rings is 1.